The molecule has 2 N–H and O–H groups in total. The van der Waals surface area contributed by atoms with E-state index in [-0.39, 0.29) is 17.3 Å². The Labute approximate surface area is 131 Å². The fourth-order valence-corrected chi connectivity index (χ4v) is 1.97. The first-order valence-electron chi connectivity index (χ1n) is 7.08. The summed E-state index contributed by atoms with van der Waals surface area (Å²) in [5.74, 6) is -0.355. The lowest BCUT2D eigenvalue weighted by atomic mass is 10.2. The van der Waals surface area contributed by atoms with Crippen LogP contribution in [0.3, 0.4) is 0 Å². The number of nitrogens with zero attached hydrogens (tertiary/aromatic N) is 2. The highest BCUT2D eigenvalue weighted by molar-refractivity contribution is 5.92. The van der Waals surface area contributed by atoms with Crippen molar-refractivity contribution in [2.75, 3.05) is 20.1 Å². The van der Waals surface area contributed by atoms with Crippen LogP contribution >= 0.6 is 0 Å². The summed E-state index contributed by atoms with van der Waals surface area (Å²) < 4.78 is 39.4. The largest absolute Gasteiger partial charge is 0.416 e. The first-order chi connectivity index (χ1) is 10.9. The molecular formula is C15H17F3N4O. The minimum atomic E-state index is -4.42. The first-order valence-corrected chi connectivity index (χ1v) is 7.08. The van der Waals surface area contributed by atoms with Crippen molar-refractivity contribution in [1.82, 2.24) is 20.4 Å². The molecule has 0 radical (unpaired) electrons. The third kappa shape index (κ3) is 4.56. The first kappa shape index (κ1) is 17.0. The molecule has 0 bridgehead atoms. The summed E-state index contributed by atoms with van der Waals surface area (Å²) in [5, 5.41) is 9.68. The van der Waals surface area contributed by atoms with E-state index in [4.69, 9.17) is 0 Å². The molecule has 8 heteroatoms. The van der Waals surface area contributed by atoms with Gasteiger partial charge in [-0.2, -0.15) is 18.3 Å². The van der Waals surface area contributed by atoms with Crippen LogP contribution in [0.4, 0.5) is 13.2 Å². The molecule has 0 aliphatic heterocycles. The Kier molecular flexibility index (Phi) is 5.38. The zero-order valence-electron chi connectivity index (χ0n) is 12.5. The molecule has 0 aliphatic carbocycles. The van der Waals surface area contributed by atoms with Crippen LogP contribution < -0.4 is 10.6 Å². The second-order valence-electron chi connectivity index (χ2n) is 4.91. The van der Waals surface area contributed by atoms with Gasteiger partial charge in [-0.15, -0.1) is 0 Å². The second-order valence-corrected chi connectivity index (χ2v) is 4.91. The average Bonchev–Trinajstić information content (AvgIpc) is 3.01. The highest BCUT2D eigenvalue weighted by atomic mass is 19.4. The van der Waals surface area contributed by atoms with Crippen molar-refractivity contribution in [1.29, 1.82) is 0 Å². The average molecular weight is 326 g/mol. The number of nitrogens with one attached hydrogen (secondary N) is 2. The number of hydrogen-bond donors (Lipinski definition) is 2. The number of carbonyl (C=O) groups is 1. The molecule has 5 nitrogen and oxygen atoms in total. The normalized spacial score (nSPS) is 11.5. The second kappa shape index (κ2) is 7.28. The van der Waals surface area contributed by atoms with Crippen LogP contribution in [0, 0.1) is 0 Å². The van der Waals surface area contributed by atoms with E-state index < -0.39 is 11.7 Å². The van der Waals surface area contributed by atoms with Crippen molar-refractivity contribution in [3.05, 3.63) is 47.8 Å². The summed E-state index contributed by atoms with van der Waals surface area (Å²) in [6, 6.07) is 6.24. The smallest absolute Gasteiger partial charge is 0.351 e. The van der Waals surface area contributed by atoms with Crippen molar-refractivity contribution in [2.45, 2.75) is 12.6 Å². The third-order valence-electron chi connectivity index (χ3n) is 3.15. The van der Waals surface area contributed by atoms with Crippen LogP contribution in [0.15, 0.2) is 36.5 Å². The number of aromatic nitrogens is 2. The molecule has 0 saturated carbocycles. The summed E-state index contributed by atoms with van der Waals surface area (Å²) in [5.41, 5.74) is -0.357. The standard InChI is InChI=1S/C15H17F3N4O/c1-19-7-3-8-20-14(23)13-6-9-22(21-13)12-5-2-4-11(10-12)15(16,17)18/h2,4-6,9-10,19H,3,7-8H2,1H3,(H,20,23). The Balaban J connectivity index is 2.09. The van der Waals surface area contributed by atoms with Gasteiger partial charge in [0.2, 0.25) is 0 Å². The maximum absolute atomic E-state index is 12.7. The Bertz CT molecular complexity index is 667. The number of rotatable bonds is 6. The molecule has 124 valence electrons. The Morgan fingerprint density at radius 3 is 2.74 bits per heavy atom. The molecule has 0 aliphatic rings. The molecule has 2 aromatic rings. The van der Waals surface area contributed by atoms with E-state index in [1.54, 1.807) is 0 Å². The van der Waals surface area contributed by atoms with Crippen molar-refractivity contribution >= 4 is 5.91 Å². The zero-order valence-corrected chi connectivity index (χ0v) is 12.5. The van der Waals surface area contributed by atoms with Gasteiger partial charge in [0, 0.05) is 12.7 Å². The van der Waals surface area contributed by atoms with Crippen molar-refractivity contribution in [3.8, 4) is 5.69 Å². The van der Waals surface area contributed by atoms with E-state index >= 15 is 0 Å². The van der Waals surface area contributed by atoms with Gasteiger partial charge >= 0.3 is 6.18 Å². The van der Waals surface area contributed by atoms with Gasteiger partial charge in [-0.3, -0.25) is 4.79 Å². The number of halogens is 3. The van der Waals surface area contributed by atoms with Gasteiger partial charge in [0.25, 0.3) is 5.91 Å². The lowest BCUT2D eigenvalue weighted by molar-refractivity contribution is -0.137. The van der Waals surface area contributed by atoms with Gasteiger partial charge in [-0.25, -0.2) is 4.68 Å². The maximum Gasteiger partial charge on any atom is 0.416 e. The zero-order chi connectivity index (χ0) is 16.9. The summed E-state index contributed by atoms with van der Waals surface area (Å²) in [6.07, 6.45) is -2.19. The van der Waals surface area contributed by atoms with E-state index in [0.29, 0.717) is 6.54 Å². The molecular weight excluding hydrogens is 309 g/mol. The highest BCUT2D eigenvalue weighted by Crippen LogP contribution is 2.30. The van der Waals surface area contributed by atoms with Gasteiger partial charge in [0.15, 0.2) is 5.69 Å². The quantitative estimate of drug-likeness (QED) is 0.801. The van der Waals surface area contributed by atoms with Gasteiger partial charge in [0.1, 0.15) is 0 Å². The van der Waals surface area contributed by atoms with Gasteiger partial charge < -0.3 is 10.6 Å². The molecule has 0 atom stereocenters. The number of hydrogen-bond acceptors (Lipinski definition) is 3. The fourth-order valence-electron chi connectivity index (χ4n) is 1.97. The molecule has 2 rings (SSSR count). The number of amides is 1. The molecule has 0 fully saturated rings. The van der Waals surface area contributed by atoms with E-state index in [0.717, 1.165) is 25.1 Å². The summed E-state index contributed by atoms with van der Waals surface area (Å²) >= 11 is 0. The summed E-state index contributed by atoms with van der Waals surface area (Å²) in [7, 11) is 1.82. The van der Waals surface area contributed by atoms with Gasteiger partial charge in [-0.1, -0.05) is 6.07 Å². The number of carbonyl (C=O) groups excluding carboxylic acids is 1. The number of benzene rings is 1. The monoisotopic (exact) mass is 326 g/mol. The van der Waals surface area contributed by atoms with Crippen LogP contribution in [0.25, 0.3) is 5.69 Å². The molecule has 1 amide bonds. The topological polar surface area (TPSA) is 58.9 Å². The van der Waals surface area contributed by atoms with Crippen LogP contribution in [-0.4, -0.2) is 35.8 Å². The Morgan fingerprint density at radius 2 is 2.04 bits per heavy atom. The predicted molar refractivity (Wildman–Crippen MR) is 79.4 cm³/mol. The van der Waals surface area contributed by atoms with Crippen LogP contribution in [0.1, 0.15) is 22.5 Å². The molecule has 0 saturated heterocycles. The molecule has 0 spiro atoms. The van der Waals surface area contributed by atoms with Gasteiger partial charge in [0.05, 0.1) is 11.3 Å². The maximum atomic E-state index is 12.7. The van der Waals surface area contributed by atoms with Crippen LogP contribution in [0.2, 0.25) is 0 Å². The molecule has 1 aromatic heterocycles. The predicted octanol–water partition coefficient (Wildman–Crippen LogP) is 2.23. The summed E-state index contributed by atoms with van der Waals surface area (Å²) in [4.78, 5) is 11.9. The Morgan fingerprint density at radius 1 is 1.26 bits per heavy atom. The van der Waals surface area contributed by atoms with Crippen LogP contribution in [0.5, 0.6) is 0 Å². The minimum absolute atomic E-state index is 0.159. The molecule has 1 aromatic carbocycles. The lowest BCUT2D eigenvalue weighted by Gasteiger charge is -2.08. The molecule has 0 unspecified atom stereocenters. The lowest BCUT2D eigenvalue weighted by Crippen LogP contribution is -2.27. The minimum Gasteiger partial charge on any atom is -0.351 e. The highest BCUT2D eigenvalue weighted by Gasteiger charge is 2.30. The number of alkyl halides is 3. The van der Waals surface area contributed by atoms with Crippen molar-refractivity contribution in [3.63, 3.8) is 0 Å². The van der Waals surface area contributed by atoms with Gasteiger partial charge in [-0.05, 0) is 44.3 Å². The SMILES string of the molecule is CNCCCNC(=O)c1ccn(-c2cccc(C(F)(F)F)c2)n1. The van der Waals surface area contributed by atoms with E-state index in [9.17, 15) is 18.0 Å². The Hall–Kier alpha value is -2.35. The van der Waals surface area contributed by atoms with Crippen molar-refractivity contribution < 1.29 is 18.0 Å². The van der Waals surface area contributed by atoms with E-state index in [1.807, 2.05) is 7.05 Å². The van der Waals surface area contributed by atoms with Crippen LogP contribution in [-0.2, 0) is 6.18 Å². The fraction of sp³-hybridized carbons (Fsp3) is 0.333. The molecule has 1 heterocycles. The van der Waals surface area contributed by atoms with Crippen molar-refractivity contribution in [2.24, 2.45) is 0 Å². The van der Waals surface area contributed by atoms with E-state index in [2.05, 4.69) is 15.7 Å². The summed E-state index contributed by atoms with van der Waals surface area (Å²) in [6.45, 7) is 1.27. The third-order valence-corrected chi connectivity index (χ3v) is 3.15. The van der Waals surface area contributed by atoms with E-state index in [1.165, 1.54) is 29.1 Å². The molecule has 23 heavy (non-hydrogen) atoms.